The molecule has 6 nitrogen and oxygen atoms in total. The molecule has 1 aromatic carbocycles. The Balaban J connectivity index is 2.25. The lowest BCUT2D eigenvalue weighted by atomic mass is 10.2. The standard InChI is InChI=1S/C12H13N3O3/c1-17-10-6-8(7-16)2-3-9(10)18-12-5-4-11(13)14-15-12/h2-6,16H,7H2,1H3,(H2,13,14). The summed E-state index contributed by atoms with van der Waals surface area (Å²) in [4.78, 5) is 0. The summed E-state index contributed by atoms with van der Waals surface area (Å²) in [7, 11) is 1.53. The van der Waals surface area contributed by atoms with E-state index in [-0.39, 0.29) is 6.61 Å². The molecule has 2 aromatic rings. The SMILES string of the molecule is COc1cc(CO)ccc1Oc1ccc(N)nn1. The number of aliphatic hydroxyl groups is 1. The van der Waals surface area contributed by atoms with Gasteiger partial charge in [0, 0.05) is 6.07 Å². The zero-order chi connectivity index (χ0) is 13.0. The first-order valence-electron chi connectivity index (χ1n) is 5.28. The molecule has 0 unspecified atom stereocenters. The van der Waals surface area contributed by atoms with E-state index in [1.54, 1.807) is 30.3 Å². The van der Waals surface area contributed by atoms with Crippen molar-refractivity contribution >= 4 is 5.82 Å². The number of aromatic nitrogens is 2. The molecule has 1 aromatic heterocycles. The Hall–Kier alpha value is -2.34. The summed E-state index contributed by atoms with van der Waals surface area (Å²) in [6.45, 7) is -0.0572. The number of benzene rings is 1. The van der Waals surface area contributed by atoms with Crippen LogP contribution in [-0.2, 0) is 6.61 Å². The minimum Gasteiger partial charge on any atom is -0.493 e. The number of aliphatic hydroxyl groups excluding tert-OH is 1. The Bertz CT molecular complexity index is 529. The van der Waals surface area contributed by atoms with Crippen LogP contribution in [0.4, 0.5) is 5.82 Å². The Morgan fingerprint density at radius 3 is 2.61 bits per heavy atom. The first-order chi connectivity index (χ1) is 8.72. The lowest BCUT2D eigenvalue weighted by Crippen LogP contribution is -1.97. The summed E-state index contributed by atoms with van der Waals surface area (Å²) in [6.07, 6.45) is 0. The Morgan fingerprint density at radius 1 is 1.17 bits per heavy atom. The van der Waals surface area contributed by atoms with Gasteiger partial charge in [0.25, 0.3) is 0 Å². The maximum atomic E-state index is 9.04. The topological polar surface area (TPSA) is 90.5 Å². The summed E-state index contributed by atoms with van der Waals surface area (Å²) in [6, 6.07) is 8.34. The van der Waals surface area contributed by atoms with E-state index in [0.29, 0.717) is 23.2 Å². The third-order valence-electron chi connectivity index (χ3n) is 2.29. The average Bonchev–Trinajstić information content (AvgIpc) is 2.41. The highest BCUT2D eigenvalue weighted by Gasteiger charge is 2.07. The predicted octanol–water partition coefficient (Wildman–Crippen LogP) is 1.35. The molecule has 0 radical (unpaired) electrons. The van der Waals surface area contributed by atoms with Gasteiger partial charge in [-0.3, -0.25) is 0 Å². The van der Waals surface area contributed by atoms with Crippen LogP contribution in [-0.4, -0.2) is 22.4 Å². The van der Waals surface area contributed by atoms with Gasteiger partial charge in [-0.1, -0.05) is 6.07 Å². The molecule has 2 rings (SSSR count). The second-order valence-corrected chi connectivity index (χ2v) is 3.54. The summed E-state index contributed by atoms with van der Waals surface area (Å²) in [5, 5.41) is 16.5. The highest BCUT2D eigenvalue weighted by Crippen LogP contribution is 2.31. The van der Waals surface area contributed by atoms with Crippen LogP contribution in [0.5, 0.6) is 17.4 Å². The van der Waals surface area contributed by atoms with Gasteiger partial charge in [0.15, 0.2) is 11.5 Å². The largest absolute Gasteiger partial charge is 0.493 e. The fraction of sp³-hybridized carbons (Fsp3) is 0.167. The number of rotatable bonds is 4. The van der Waals surface area contributed by atoms with E-state index in [9.17, 15) is 0 Å². The highest BCUT2D eigenvalue weighted by molar-refractivity contribution is 5.44. The number of anilines is 1. The molecule has 3 N–H and O–H groups in total. The van der Waals surface area contributed by atoms with Crippen molar-refractivity contribution in [2.24, 2.45) is 0 Å². The lowest BCUT2D eigenvalue weighted by Gasteiger charge is -2.10. The van der Waals surface area contributed by atoms with Gasteiger partial charge in [0.2, 0.25) is 5.88 Å². The average molecular weight is 247 g/mol. The van der Waals surface area contributed by atoms with Crippen molar-refractivity contribution in [2.75, 3.05) is 12.8 Å². The van der Waals surface area contributed by atoms with Crippen molar-refractivity contribution in [1.82, 2.24) is 10.2 Å². The monoisotopic (exact) mass is 247 g/mol. The van der Waals surface area contributed by atoms with Gasteiger partial charge in [-0.15, -0.1) is 10.2 Å². The molecule has 0 atom stereocenters. The van der Waals surface area contributed by atoms with Crippen molar-refractivity contribution < 1.29 is 14.6 Å². The smallest absolute Gasteiger partial charge is 0.239 e. The molecule has 0 saturated heterocycles. The van der Waals surface area contributed by atoms with E-state index < -0.39 is 0 Å². The maximum absolute atomic E-state index is 9.04. The van der Waals surface area contributed by atoms with Crippen LogP contribution in [0.1, 0.15) is 5.56 Å². The first kappa shape index (κ1) is 12.1. The highest BCUT2D eigenvalue weighted by atomic mass is 16.5. The van der Waals surface area contributed by atoms with E-state index in [2.05, 4.69) is 10.2 Å². The van der Waals surface area contributed by atoms with Crippen LogP contribution >= 0.6 is 0 Å². The zero-order valence-corrected chi connectivity index (χ0v) is 9.83. The number of nitrogen functional groups attached to an aromatic ring is 1. The third-order valence-corrected chi connectivity index (χ3v) is 2.29. The summed E-state index contributed by atoms with van der Waals surface area (Å²) < 4.78 is 10.7. The molecule has 6 heteroatoms. The van der Waals surface area contributed by atoms with Crippen LogP contribution in [0.2, 0.25) is 0 Å². The summed E-state index contributed by atoms with van der Waals surface area (Å²) >= 11 is 0. The van der Waals surface area contributed by atoms with Crippen molar-refractivity contribution in [3.8, 4) is 17.4 Å². The van der Waals surface area contributed by atoms with Gasteiger partial charge in [0.1, 0.15) is 5.82 Å². The molecular formula is C12H13N3O3. The zero-order valence-electron chi connectivity index (χ0n) is 9.83. The molecule has 1 heterocycles. The lowest BCUT2D eigenvalue weighted by molar-refractivity contribution is 0.280. The van der Waals surface area contributed by atoms with Crippen molar-refractivity contribution in [3.05, 3.63) is 35.9 Å². The van der Waals surface area contributed by atoms with Crippen molar-refractivity contribution in [1.29, 1.82) is 0 Å². The van der Waals surface area contributed by atoms with Crippen LogP contribution in [0.15, 0.2) is 30.3 Å². The van der Waals surface area contributed by atoms with Crippen molar-refractivity contribution in [2.45, 2.75) is 6.61 Å². The molecule has 0 saturated carbocycles. The van der Waals surface area contributed by atoms with E-state index in [1.807, 2.05) is 0 Å². The minimum atomic E-state index is -0.0572. The van der Waals surface area contributed by atoms with Gasteiger partial charge in [-0.25, -0.2) is 0 Å². The van der Waals surface area contributed by atoms with Gasteiger partial charge < -0.3 is 20.3 Å². The number of nitrogens with zero attached hydrogens (tertiary/aromatic N) is 2. The van der Waals surface area contributed by atoms with E-state index in [4.69, 9.17) is 20.3 Å². The number of hydrogen-bond donors (Lipinski definition) is 2. The molecule has 0 amide bonds. The Kier molecular flexibility index (Phi) is 3.59. The third kappa shape index (κ3) is 2.67. The molecule has 0 spiro atoms. The van der Waals surface area contributed by atoms with Crippen LogP contribution in [0, 0.1) is 0 Å². The molecule has 18 heavy (non-hydrogen) atoms. The number of methoxy groups -OCH3 is 1. The van der Waals surface area contributed by atoms with Gasteiger partial charge >= 0.3 is 0 Å². The molecule has 94 valence electrons. The second-order valence-electron chi connectivity index (χ2n) is 3.54. The van der Waals surface area contributed by atoms with Gasteiger partial charge in [-0.05, 0) is 23.8 Å². The summed E-state index contributed by atoms with van der Waals surface area (Å²) in [5.74, 6) is 1.65. The first-order valence-corrected chi connectivity index (χ1v) is 5.28. The second kappa shape index (κ2) is 5.33. The quantitative estimate of drug-likeness (QED) is 0.847. The molecular weight excluding hydrogens is 234 g/mol. The van der Waals surface area contributed by atoms with Crippen LogP contribution < -0.4 is 15.2 Å². The maximum Gasteiger partial charge on any atom is 0.239 e. The van der Waals surface area contributed by atoms with Crippen molar-refractivity contribution in [3.63, 3.8) is 0 Å². The molecule has 0 fully saturated rings. The molecule has 0 aliphatic carbocycles. The molecule has 0 aliphatic rings. The minimum absolute atomic E-state index is 0.0572. The number of ether oxygens (including phenoxy) is 2. The van der Waals surface area contributed by atoms with Crippen LogP contribution in [0.3, 0.4) is 0 Å². The fourth-order valence-electron chi connectivity index (χ4n) is 1.39. The van der Waals surface area contributed by atoms with Crippen LogP contribution in [0.25, 0.3) is 0 Å². The van der Waals surface area contributed by atoms with Gasteiger partial charge in [-0.2, -0.15) is 0 Å². The fourth-order valence-corrected chi connectivity index (χ4v) is 1.39. The van der Waals surface area contributed by atoms with E-state index in [0.717, 1.165) is 5.56 Å². The molecule has 0 bridgehead atoms. The molecule has 0 aliphatic heterocycles. The predicted molar refractivity (Wildman–Crippen MR) is 65.4 cm³/mol. The van der Waals surface area contributed by atoms with E-state index in [1.165, 1.54) is 7.11 Å². The number of hydrogen-bond acceptors (Lipinski definition) is 6. The normalized spacial score (nSPS) is 10.1. The van der Waals surface area contributed by atoms with Gasteiger partial charge in [0.05, 0.1) is 13.7 Å². The van der Waals surface area contributed by atoms with E-state index >= 15 is 0 Å². The number of nitrogens with two attached hydrogens (primary N) is 1. The Morgan fingerprint density at radius 2 is 2.00 bits per heavy atom. The summed E-state index contributed by atoms with van der Waals surface area (Å²) in [5.41, 5.74) is 6.17. The Labute approximate surface area is 104 Å².